The number of pyridine rings is 3. The summed E-state index contributed by atoms with van der Waals surface area (Å²) in [7, 11) is -3.69. The van der Waals surface area contributed by atoms with Crippen molar-refractivity contribution in [2.45, 2.75) is 116 Å². The lowest BCUT2D eigenvalue weighted by Crippen LogP contribution is -2.37. The molecule has 0 aliphatic carbocycles. The number of aryl methyl sites for hydroxylation is 3. The van der Waals surface area contributed by atoms with Crippen LogP contribution >= 0.6 is 34.0 Å². The molecule has 0 bridgehead atoms. The number of hydrogen-bond acceptors (Lipinski definition) is 21. The quantitative estimate of drug-likeness (QED) is 0.0699. The number of aromatic nitrogens is 9. The summed E-state index contributed by atoms with van der Waals surface area (Å²) in [5, 5.41) is 31.0. The van der Waals surface area contributed by atoms with Crippen LogP contribution in [0.15, 0.2) is 128 Å². The van der Waals surface area contributed by atoms with E-state index in [1.807, 2.05) is 54.0 Å². The molecule has 3 aliphatic rings. The Morgan fingerprint density at radius 1 is 0.416 bits per heavy atom. The molecule has 12 aromatic rings. The maximum Gasteiger partial charge on any atom is 0.211 e. The highest BCUT2D eigenvalue weighted by atomic mass is 32.2. The van der Waals surface area contributed by atoms with Gasteiger partial charge in [-0.15, -0.1) is 0 Å². The predicted molar refractivity (Wildman–Crippen MR) is 440 cm³/mol. The summed E-state index contributed by atoms with van der Waals surface area (Å²) in [5.74, 6) is 2.53. The summed E-state index contributed by atoms with van der Waals surface area (Å²) >= 11 is 4.29. The molecule has 3 aromatic carbocycles. The maximum absolute atomic E-state index is 13.5. The van der Waals surface area contributed by atoms with Gasteiger partial charge < -0.3 is 19.8 Å². The predicted octanol–water partition coefficient (Wildman–Crippen LogP) is 14.8. The van der Waals surface area contributed by atoms with Crippen LogP contribution in [0.25, 0.3) is 50.7 Å². The number of hydrogen-bond donors (Lipinski definition) is 1. The number of rotatable bonds is 21. The average Bonchev–Trinajstić information content (AvgIpc) is 1.62. The molecule has 1 N–H and O–H groups in total. The summed E-state index contributed by atoms with van der Waals surface area (Å²) in [5.41, 5.74) is 13.0. The molecular formula is C80H88F3N17O7S6. The minimum Gasteiger partial charge on any atom is -0.391 e. The normalized spacial score (nSPS) is 15.2. The van der Waals surface area contributed by atoms with Gasteiger partial charge in [0.25, 0.3) is 0 Å². The molecule has 0 saturated carbocycles. The lowest BCUT2D eigenvalue weighted by atomic mass is 9.91. The van der Waals surface area contributed by atoms with Crippen LogP contribution in [-0.2, 0) is 68.8 Å². The van der Waals surface area contributed by atoms with Gasteiger partial charge in [0, 0.05) is 105 Å². The third kappa shape index (κ3) is 17.7. The fourth-order valence-electron chi connectivity index (χ4n) is 15.1. The van der Waals surface area contributed by atoms with Crippen LogP contribution in [0.1, 0.15) is 125 Å². The second-order valence-electron chi connectivity index (χ2n) is 28.4. The van der Waals surface area contributed by atoms with Gasteiger partial charge in [0.15, 0.2) is 15.4 Å². The number of piperidine rings is 3. The fraction of sp³-hybridized carbons (Fsp3) is 0.375. The zero-order valence-corrected chi connectivity index (χ0v) is 69.1. The van der Waals surface area contributed by atoms with Gasteiger partial charge in [-0.1, -0.05) is 73.0 Å². The monoisotopic (exact) mass is 1650 g/mol. The molecular weight excluding hydrogens is 1560 g/mol. The fourth-order valence-corrected chi connectivity index (χ4v) is 20.5. The van der Waals surface area contributed by atoms with Crippen LogP contribution in [0.3, 0.4) is 0 Å². The van der Waals surface area contributed by atoms with Crippen LogP contribution in [0.4, 0.5) is 46.0 Å². The van der Waals surface area contributed by atoms with Crippen molar-refractivity contribution < 1.29 is 43.5 Å². The van der Waals surface area contributed by atoms with E-state index < -0.39 is 30.1 Å². The molecule has 592 valence electrons. The number of aliphatic hydroxyl groups excluding tert-OH is 1. The number of thiazole rings is 3. The molecule has 3 aliphatic heterocycles. The molecule has 0 spiro atoms. The molecule has 0 amide bonds. The molecule has 0 radical (unpaired) electrons. The molecule has 33 heteroatoms. The van der Waals surface area contributed by atoms with E-state index in [4.69, 9.17) is 29.9 Å². The number of nitrogens with zero attached hydrogens (tertiary/aromatic N) is 17. The van der Waals surface area contributed by atoms with Gasteiger partial charge >= 0.3 is 0 Å². The number of sulfonamides is 3. The van der Waals surface area contributed by atoms with Gasteiger partial charge in [-0.3, -0.25) is 13.2 Å². The first kappa shape index (κ1) is 81.5. The number of fused-ring (bicyclic) bond motifs is 3. The van der Waals surface area contributed by atoms with E-state index in [0.29, 0.717) is 66.4 Å². The van der Waals surface area contributed by atoms with Crippen molar-refractivity contribution in [3.8, 4) is 45.9 Å². The first-order valence-electron chi connectivity index (χ1n) is 37.3. The van der Waals surface area contributed by atoms with Gasteiger partial charge in [-0.2, -0.15) is 10.5 Å². The summed E-state index contributed by atoms with van der Waals surface area (Å²) in [6, 6.07) is 35.2. The lowest BCUT2D eigenvalue weighted by Gasteiger charge is -2.30. The van der Waals surface area contributed by atoms with Crippen LogP contribution in [0.2, 0.25) is 0 Å². The van der Waals surface area contributed by atoms with Crippen LogP contribution in [0, 0.1) is 40.1 Å². The zero-order chi connectivity index (χ0) is 80.4. The highest BCUT2D eigenvalue weighted by Crippen LogP contribution is 2.43. The summed E-state index contributed by atoms with van der Waals surface area (Å²) in [6.45, 7) is 9.14. The third-order valence-electron chi connectivity index (χ3n) is 21.1. The number of aliphatic hydroxyl groups is 1. The molecule has 3 saturated heterocycles. The highest BCUT2D eigenvalue weighted by Gasteiger charge is 2.33. The molecule has 0 unspecified atom stereocenters. The van der Waals surface area contributed by atoms with Crippen molar-refractivity contribution in [3.63, 3.8) is 0 Å². The van der Waals surface area contributed by atoms with Gasteiger partial charge in [0.05, 0.1) is 89.4 Å². The Kier molecular flexibility index (Phi) is 24.7. The van der Waals surface area contributed by atoms with Crippen LogP contribution in [-0.4, -0.2) is 166 Å². The Morgan fingerprint density at radius 3 is 0.912 bits per heavy atom. The standard InChI is InChI=1S/2C27H29FN6O2S2.C26H30FN5O3S2/c2*1-4-22-26(32(2)27-31-25(23(37-27)11-14-29)19-5-8-21(28)9-6-19)34-17-20(7-10-24(34)30-22)18-12-15-33(16-13-18)38(3,35)36;1-4-21-25(30(2)26-29-24(22(16-33)36-26)18-5-8-20(27)9-6-18)32-15-19(7-10-23(32)28-21)17-11-13-31(14-12-17)37(3,34)35/h2*5-10,17-18H,4,11-13,15-16H2,1-3H3;5-10,15,17,33H,4,11-14,16H2,1-3H3. The Hall–Kier alpha value is -9.52. The smallest absolute Gasteiger partial charge is 0.211 e. The van der Waals surface area contributed by atoms with Crippen LogP contribution in [0.5, 0.6) is 0 Å². The van der Waals surface area contributed by atoms with Crippen molar-refractivity contribution in [3.05, 3.63) is 194 Å². The molecule has 12 heterocycles. The molecule has 113 heavy (non-hydrogen) atoms. The Labute approximate surface area is 668 Å². The van der Waals surface area contributed by atoms with Crippen molar-refractivity contribution in [2.24, 2.45) is 0 Å². The summed E-state index contributed by atoms with van der Waals surface area (Å²) < 4.78 is 123. The largest absolute Gasteiger partial charge is 0.391 e. The summed E-state index contributed by atoms with van der Waals surface area (Å²) in [6.07, 6.45) is 17.3. The number of halogens is 3. The van der Waals surface area contributed by atoms with E-state index in [2.05, 4.69) is 82.9 Å². The molecule has 3 fully saturated rings. The molecule has 0 atom stereocenters. The molecule has 15 rings (SSSR count). The third-order valence-corrected chi connectivity index (χ3v) is 28.4. The van der Waals surface area contributed by atoms with Crippen molar-refractivity contribution in [1.29, 1.82) is 10.5 Å². The van der Waals surface area contributed by atoms with E-state index in [0.717, 1.165) is 163 Å². The number of nitriles is 2. The second kappa shape index (κ2) is 34.3. The van der Waals surface area contributed by atoms with Gasteiger partial charge in [-0.25, -0.2) is 81.2 Å². The molecule has 9 aromatic heterocycles. The SMILES string of the molecule is CCc1nc2ccc(C3CCN(S(C)(=O)=O)CC3)cn2c1N(C)c1nc(-c2ccc(F)cc2)c(CC#N)s1.CCc1nc2ccc(C3CCN(S(C)(=O)=O)CC3)cn2c1N(C)c1nc(-c2ccc(F)cc2)c(CC#N)s1.CCc1nc2ccc(C3CCN(S(C)(=O)=O)CC3)cn2c1N(C)c1nc(-c2ccc(F)cc2)c(CO)s1. The zero-order valence-electron chi connectivity index (χ0n) is 64.2. The van der Waals surface area contributed by atoms with Crippen LogP contribution < -0.4 is 14.7 Å². The van der Waals surface area contributed by atoms with E-state index in [1.54, 1.807) is 49.3 Å². The Balaban J connectivity index is 0.000000148. The van der Waals surface area contributed by atoms with Crippen molar-refractivity contribution >= 4 is 114 Å². The van der Waals surface area contributed by atoms with E-state index >= 15 is 0 Å². The lowest BCUT2D eigenvalue weighted by molar-refractivity contribution is 0.286. The maximum atomic E-state index is 13.5. The molecule has 24 nitrogen and oxygen atoms in total. The second-order valence-corrected chi connectivity index (χ2v) is 37.6. The first-order chi connectivity index (χ1) is 54.1. The number of benzene rings is 3. The first-order valence-corrected chi connectivity index (χ1v) is 45.3. The number of imidazole rings is 3. The van der Waals surface area contributed by atoms with E-state index in [9.17, 15) is 54.1 Å². The Bertz CT molecular complexity index is 5650. The highest BCUT2D eigenvalue weighted by molar-refractivity contribution is 7.88. The minimum atomic E-state index is -3.18. The van der Waals surface area contributed by atoms with Gasteiger partial charge in [0.2, 0.25) is 30.1 Å². The van der Waals surface area contributed by atoms with Gasteiger partial charge in [-0.05, 0) is 183 Å². The van der Waals surface area contributed by atoms with Gasteiger partial charge in [0.1, 0.15) is 51.8 Å². The Morgan fingerprint density at radius 2 is 0.673 bits per heavy atom. The topological polar surface area (TPSA) is 280 Å². The van der Waals surface area contributed by atoms with E-state index in [1.165, 1.54) is 89.2 Å². The van der Waals surface area contributed by atoms with Crippen molar-refractivity contribution in [2.75, 3.05) is 93.9 Å². The average molecular weight is 1650 g/mol. The number of anilines is 6. The summed E-state index contributed by atoms with van der Waals surface area (Å²) in [4.78, 5) is 37.5. The van der Waals surface area contributed by atoms with E-state index in [-0.39, 0.29) is 54.7 Å². The van der Waals surface area contributed by atoms with Crippen molar-refractivity contribution in [1.82, 2.24) is 56.0 Å². The minimum absolute atomic E-state index is 0.164.